The minimum atomic E-state index is -0.215. The molecule has 0 atom stereocenters. The van der Waals surface area contributed by atoms with Crippen molar-refractivity contribution in [3.63, 3.8) is 0 Å². The summed E-state index contributed by atoms with van der Waals surface area (Å²) in [4.78, 5) is 2.37. The third-order valence-electron chi connectivity index (χ3n) is 8.80. The second-order valence-corrected chi connectivity index (χ2v) is 11.1. The lowest BCUT2D eigenvalue weighted by Gasteiger charge is -2.31. The second kappa shape index (κ2) is 8.76. The highest BCUT2D eigenvalue weighted by molar-refractivity contribution is 6.27. The molecule has 0 amide bonds. The molecular formula is C40H24FN. The average molecular weight is 538 g/mol. The van der Waals surface area contributed by atoms with Crippen LogP contribution in [0.25, 0.3) is 64.6 Å². The molecule has 1 nitrogen and oxygen atoms in total. The zero-order chi connectivity index (χ0) is 27.8. The molecule has 0 saturated carbocycles. The number of nitrogens with zero attached hydrogens (tertiary/aromatic N) is 1. The van der Waals surface area contributed by atoms with Crippen LogP contribution in [0.3, 0.4) is 0 Å². The molecule has 0 aliphatic carbocycles. The van der Waals surface area contributed by atoms with Crippen molar-refractivity contribution in [2.24, 2.45) is 0 Å². The molecular weight excluding hydrogens is 513 g/mol. The molecule has 0 spiro atoms. The minimum Gasteiger partial charge on any atom is -0.308 e. The first-order valence-corrected chi connectivity index (χ1v) is 14.3. The number of rotatable bonds is 3. The van der Waals surface area contributed by atoms with E-state index >= 15 is 4.39 Å². The van der Waals surface area contributed by atoms with Gasteiger partial charge in [-0.15, -0.1) is 0 Å². The van der Waals surface area contributed by atoms with E-state index in [1.807, 2.05) is 30.3 Å². The highest BCUT2D eigenvalue weighted by atomic mass is 19.1. The quantitative estimate of drug-likeness (QED) is 0.160. The highest BCUT2D eigenvalue weighted by Crippen LogP contribution is 2.49. The van der Waals surface area contributed by atoms with Crippen molar-refractivity contribution in [1.29, 1.82) is 0 Å². The van der Waals surface area contributed by atoms with Crippen molar-refractivity contribution in [3.05, 3.63) is 151 Å². The maximum absolute atomic E-state index is 15.2. The second-order valence-electron chi connectivity index (χ2n) is 11.1. The van der Waals surface area contributed by atoms with Crippen LogP contribution in [0.4, 0.5) is 21.5 Å². The van der Waals surface area contributed by atoms with Gasteiger partial charge in [0.25, 0.3) is 0 Å². The van der Waals surface area contributed by atoms with Gasteiger partial charge in [0.15, 0.2) is 0 Å². The molecule has 9 aromatic carbocycles. The topological polar surface area (TPSA) is 3.24 Å². The van der Waals surface area contributed by atoms with Crippen molar-refractivity contribution in [2.75, 3.05) is 4.90 Å². The van der Waals surface area contributed by atoms with Gasteiger partial charge in [0.1, 0.15) is 5.82 Å². The van der Waals surface area contributed by atoms with Crippen LogP contribution >= 0.6 is 0 Å². The predicted octanol–water partition coefficient (Wildman–Crippen LogP) is 11.7. The van der Waals surface area contributed by atoms with Gasteiger partial charge in [0.05, 0.1) is 17.1 Å². The molecule has 0 unspecified atom stereocenters. The van der Waals surface area contributed by atoms with E-state index in [1.54, 1.807) is 6.07 Å². The SMILES string of the molecule is Fc1ccc(N(c2c3ccccc3cc3ccccc23)c2ccc3ccc4cccc5ccc2c3c45)c2ccccc12. The number of fused-ring (bicyclic) bond motifs is 3. The minimum absolute atomic E-state index is 0.215. The lowest BCUT2D eigenvalue weighted by Crippen LogP contribution is -2.12. The molecule has 0 radical (unpaired) electrons. The van der Waals surface area contributed by atoms with Crippen molar-refractivity contribution < 1.29 is 4.39 Å². The molecule has 0 aromatic heterocycles. The average Bonchev–Trinajstić information content (AvgIpc) is 3.05. The summed E-state index contributed by atoms with van der Waals surface area (Å²) < 4.78 is 15.2. The Bertz CT molecular complexity index is 2420. The van der Waals surface area contributed by atoms with E-state index < -0.39 is 0 Å². The summed E-state index contributed by atoms with van der Waals surface area (Å²) >= 11 is 0. The maximum atomic E-state index is 15.2. The van der Waals surface area contributed by atoms with Crippen LogP contribution in [-0.4, -0.2) is 0 Å². The summed E-state index contributed by atoms with van der Waals surface area (Å²) in [5.74, 6) is -0.215. The van der Waals surface area contributed by atoms with Crippen LogP contribution in [0.1, 0.15) is 0 Å². The van der Waals surface area contributed by atoms with E-state index in [0.29, 0.717) is 5.39 Å². The summed E-state index contributed by atoms with van der Waals surface area (Å²) in [6, 6.07) is 50.7. The lowest BCUT2D eigenvalue weighted by atomic mass is 9.92. The van der Waals surface area contributed by atoms with Crippen LogP contribution < -0.4 is 4.90 Å². The summed E-state index contributed by atoms with van der Waals surface area (Å²) in [5, 5.41) is 13.5. The molecule has 0 N–H and O–H groups in total. The van der Waals surface area contributed by atoms with Gasteiger partial charge in [0, 0.05) is 26.9 Å². The third kappa shape index (κ3) is 3.24. The van der Waals surface area contributed by atoms with Crippen molar-refractivity contribution in [3.8, 4) is 0 Å². The molecule has 0 aliphatic rings. The van der Waals surface area contributed by atoms with E-state index in [-0.39, 0.29) is 5.82 Å². The Labute approximate surface area is 242 Å². The van der Waals surface area contributed by atoms with Crippen molar-refractivity contribution >= 4 is 81.7 Å². The monoisotopic (exact) mass is 537 g/mol. The smallest absolute Gasteiger partial charge is 0.131 e. The lowest BCUT2D eigenvalue weighted by molar-refractivity contribution is 0.640. The molecule has 2 heteroatoms. The molecule has 9 rings (SSSR count). The standard InChI is InChI=1S/C40H24FN/c41-35-21-23-36(33-15-6-5-14-32(33)35)42(40-30-12-3-1-8-28(30)24-29-9-2-4-13-31(29)40)37-22-19-27-17-16-25-10-7-11-26-18-20-34(37)39(27)38(25)26/h1-24H. The van der Waals surface area contributed by atoms with Crippen molar-refractivity contribution in [1.82, 2.24) is 0 Å². The van der Waals surface area contributed by atoms with Gasteiger partial charge in [-0.05, 0) is 62.0 Å². The molecule has 42 heavy (non-hydrogen) atoms. The summed E-state index contributed by atoms with van der Waals surface area (Å²) in [6.45, 7) is 0. The fourth-order valence-electron chi connectivity index (χ4n) is 6.96. The number of hydrogen-bond donors (Lipinski definition) is 0. The van der Waals surface area contributed by atoms with Crippen LogP contribution in [0.15, 0.2) is 146 Å². The first kappa shape index (κ1) is 23.3. The molecule has 0 aliphatic heterocycles. The number of benzene rings is 9. The van der Waals surface area contributed by atoms with Gasteiger partial charge in [-0.25, -0.2) is 4.39 Å². The van der Waals surface area contributed by atoms with Crippen LogP contribution in [0.2, 0.25) is 0 Å². The third-order valence-corrected chi connectivity index (χ3v) is 8.80. The van der Waals surface area contributed by atoms with Gasteiger partial charge in [-0.2, -0.15) is 0 Å². The van der Waals surface area contributed by atoms with Gasteiger partial charge < -0.3 is 4.90 Å². The van der Waals surface area contributed by atoms with E-state index in [2.05, 4.69) is 114 Å². The maximum Gasteiger partial charge on any atom is 0.131 e. The molecule has 0 saturated heterocycles. The first-order chi connectivity index (χ1) is 20.8. The van der Waals surface area contributed by atoms with E-state index in [1.165, 1.54) is 43.1 Å². The van der Waals surface area contributed by atoms with E-state index in [4.69, 9.17) is 0 Å². The van der Waals surface area contributed by atoms with Crippen molar-refractivity contribution in [2.45, 2.75) is 0 Å². The number of halogens is 1. The van der Waals surface area contributed by atoms with Gasteiger partial charge in [-0.1, -0.05) is 121 Å². The fraction of sp³-hybridized carbons (Fsp3) is 0. The Morgan fingerprint density at radius 2 is 0.857 bits per heavy atom. The normalized spacial score (nSPS) is 11.9. The number of anilines is 3. The Kier molecular flexibility index (Phi) is 4.85. The molecule has 196 valence electrons. The van der Waals surface area contributed by atoms with Crippen LogP contribution in [-0.2, 0) is 0 Å². The zero-order valence-corrected chi connectivity index (χ0v) is 22.7. The first-order valence-electron chi connectivity index (χ1n) is 14.3. The van der Waals surface area contributed by atoms with Crippen LogP contribution in [0.5, 0.6) is 0 Å². The predicted molar refractivity (Wildman–Crippen MR) is 177 cm³/mol. The fourth-order valence-corrected chi connectivity index (χ4v) is 6.96. The molecule has 0 heterocycles. The number of hydrogen-bond acceptors (Lipinski definition) is 1. The Morgan fingerprint density at radius 1 is 0.357 bits per heavy atom. The van der Waals surface area contributed by atoms with Gasteiger partial charge in [-0.3, -0.25) is 0 Å². The van der Waals surface area contributed by atoms with Gasteiger partial charge in [0.2, 0.25) is 0 Å². The summed E-state index contributed by atoms with van der Waals surface area (Å²) in [5.41, 5.74) is 3.11. The Balaban J connectivity index is 1.50. The summed E-state index contributed by atoms with van der Waals surface area (Å²) in [6.07, 6.45) is 0. The van der Waals surface area contributed by atoms with Gasteiger partial charge >= 0.3 is 0 Å². The zero-order valence-electron chi connectivity index (χ0n) is 22.7. The molecule has 0 fully saturated rings. The highest BCUT2D eigenvalue weighted by Gasteiger charge is 2.24. The summed E-state index contributed by atoms with van der Waals surface area (Å²) in [7, 11) is 0. The molecule has 9 aromatic rings. The Morgan fingerprint density at radius 3 is 1.57 bits per heavy atom. The van der Waals surface area contributed by atoms with E-state index in [9.17, 15) is 0 Å². The van der Waals surface area contributed by atoms with Crippen LogP contribution in [0, 0.1) is 5.82 Å². The Hall–Kier alpha value is -5.47. The van der Waals surface area contributed by atoms with E-state index in [0.717, 1.165) is 33.2 Å². The molecule has 0 bridgehead atoms. The largest absolute Gasteiger partial charge is 0.308 e.